The average Bonchev–Trinajstić information content (AvgIpc) is 3.17. The molecule has 124 valence electrons. The van der Waals surface area contributed by atoms with Gasteiger partial charge in [0.05, 0.1) is 5.60 Å². The average molecular weight is 334 g/mol. The van der Waals surface area contributed by atoms with Crippen LogP contribution in [-0.4, -0.2) is 55.9 Å². The minimum atomic E-state index is -0.636. The molecule has 1 atom stereocenters. The molecule has 23 heavy (non-hydrogen) atoms. The summed E-state index contributed by atoms with van der Waals surface area (Å²) in [5, 5.41) is 25.1. The second-order valence-corrected chi connectivity index (χ2v) is 6.73. The van der Waals surface area contributed by atoms with Crippen molar-refractivity contribution in [3.63, 3.8) is 0 Å². The summed E-state index contributed by atoms with van der Waals surface area (Å²) in [5.41, 5.74) is 0.176. The number of thioether (sulfide) groups is 1. The maximum atomic E-state index is 10.4. The van der Waals surface area contributed by atoms with Gasteiger partial charge in [-0.25, -0.2) is 4.99 Å². The van der Waals surface area contributed by atoms with Gasteiger partial charge >= 0.3 is 0 Å². The van der Waals surface area contributed by atoms with Crippen molar-refractivity contribution in [1.29, 1.82) is 0 Å². The summed E-state index contributed by atoms with van der Waals surface area (Å²) < 4.78 is 1.92. The van der Waals surface area contributed by atoms with Crippen molar-refractivity contribution < 1.29 is 5.11 Å². The number of nitrogens with zero attached hydrogens (tertiary/aromatic N) is 4. The Balaban J connectivity index is 1.66. The fraction of sp³-hybridized carbons (Fsp3) is 0.533. The van der Waals surface area contributed by atoms with Gasteiger partial charge in [0.2, 0.25) is 0 Å². The molecule has 0 aromatic carbocycles. The highest BCUT2D eigenvalue weighted by atomic mass is 32.2. The molecule has 3 heterocycles. The molecule has 1 unspecified atom stereocenters. The molecular formula is C15H22N6OS. The Morgan fingerprint density at radius 1 is 1.43 bits per heavy atom. The highest BCUT2D eigenvalue weighted by molar-refractivity contribution is 7.99. The summed E-state index contributed by atoms with van der Waals surface area (Å²) in [6.07, 6.45) is 2.75. The van der Waals surface area contributed by atoms with Crippen LogP contribution in [0.2, 0.25) is 0 Å². The van der Waals surface area contributed by atoms with Gasteiger partial charge in [0.1, 0.15) is 6.54 Å². The SMILES string of the molecule is CCNC(=NCc1nnc2ccccn12)NCC1(O)CCSC1. The number of nitrogens with one attached hydrogen (secondary N) is 2. The lowest BCUT2D eigenvalue weighted by atomic mass is 10.0. The predicted octanol–water partition coefficient (Wildman–Crippen LogP) is 0.652. The second-order valence-electron chi connectivity index (χ2n) is 5.62. The Morgan fingerprint density at radius 2 is 2.35 bits per heavy atom. The number of pyridine rings is 1. The number of rotatable bonds is 5. The van der Waals surface area contributed by atoms with Crippen LogP contribution in [0.15, 0.2) is 29.4 Å². The van der Waals surface area contributed by atoms with E-state index in [1.54, 1.807) is 11.8 Å². The highest BCUT2D eigenvalue weighted by Crippen LogP contribution is 2.26. The van der Waals surface area contributed by atoms with Crippen LogP contribution in [0, 0.1) is 0 Å². The normalized spacial score (nSPS) is 21.7. The molecule has 0 radical (unpaired) electrons. The molecule has 1 fully saturated rings. The van der Waals surface area contributed by atoms with Crippen LogP contribution in [0.3, 0.4) is 0 Å². The van der Waals surface area contributed by atoms with Crippen LogP contribution < -0.4 is 10.6 Å². The van der Waals surface area contributed by atoms with E-state index in [1.165, 1.54) is 0 Å². The zero-order valence-electron chi connectivity index (χ0n) is 13.2. The van der Waals surface area contributed by atoms with Crippen molar-refractivity contribution in [2.24, 2.45) is 4.99 Å². The monoisotopic (exact) mass is 334 g/mol. The molecule has 2 aromatic heterocycles. The van der Waals surface area contributed by atoms with E-state index >= 15 is 0 Å². The van der Waals surface area contributed by atoms with Gasteiger partial charge in [0.15, 0.2) is 17.4 Å². The van der Waals surface area contributed by atoms with Crippen molar-refractivity contribution in [1.82, 2.24) is 25.2 Å². The molecule has 7 nitrogen and oxygen atoms in total. The predicted molar refractivity (Wildman–Crippen MR) is 92.7 cm³/mol. The Kier molecular flexibility index (Phi) is 5.02. The number of guanidine groups is 1. The number of aliphatic hydroxyl groups is 1. The summed E-state index contributed by atoms with van der Waals surface area (Å²) >= 11 is 1.79. The molecule has 3 N–H and O–H groups in total. The van der Waals surface area contributed by atoms with E-state index in [2.05, 4.69) is 25.8 Å². The molecule has 0 amide bonds. The summed E-state index contributed by atoms with van der Waals surface area (Å²) in [6, 6.07) is 5.79. The highest BCUT2D eigenvalue weighted by Gasteiger charge is 2.31. The number of aliphatic imine (C=N–C) groups is 1. The van der Waals surface area contributed by atoms with Crippen molar-refractivity contribution >= 4 is 23.4 Å². The van der Waals surface area contributed by atoms with Crippen LogP contribution in [0.25, 0.3) is 5.65 Å². The van der Waals surface area contributed by atoms with Gasteiger partial charge in [-0.1, -0.05) is 6.07 Å². The molecule has 1 aliphatic rings. The third kappa shape index (κ3) is 3.94. The van der Waals surface area contributed by atoms with Crippen molar-refractivity contribution in [2.75, 3.05) is 24.6 Å². The van der Waals surface area contributed by atoms with Gasteiger partial charge < -0.3 is 15.7 Å². The van der Waals surface area contributed by atoms with Crippen LogP contribution >= 0.6 is 11.8 Å². The third-order valence-electron chi connectivity index (χ3n) is 3.77. The number of fused-ring (bicyclic) bond motifs is 1. The first kappa shape index (κ1) is 16.1. The van der Waals surface area contributed by atoms with E-state index in [9.17, 15) is 5.11 Å². The fourth-order valence-corrected chi connectivity index (χ4v) is 3.77. The first-order chi connectivity index (χ1) is 11.2. The van der Waals surface area contributed by atoms with E-state index in [0.29, 0.717) is 19.0 Å². The summed E-state index contributed by atoms with van der Waals surface area (Å²) in [5.74, 6) is 3.25. The lowest BCUT2D eigenvalue weighted by Gasteiger charge is -2.23. The van der Waals surface area contributed by atoms with E-state index in [1.807, 2.05) is 35.7 Å². The van der Waals surface area contributed by atoms with Crippen LogP contribution in [0.1, 0.15) is 19.2 Å². The molecule has 0 aliphatic carbocycles. The molecule has 1 saturated heterocycles. The Bertz CT molecular complexity index is 679. The molecule has 3 rings (SSSR count). The zero-order valence-corrected chi connectivity index (χ0v) is 14.0. The third-order valence-corrected chi connectivity index (χ3v) is 5.01. The second kappa shape index (κ2) is 7.18. The minimum absolute atomic E-state index is 0.424. The van der Waals surface area contributed by atoms with E-state index in [-0.39, 0.29) is 0 Å². The zero-order chi connectivity index (χ0) is 16.1. The van der Waals surface area contributed by atoms with Crippen molar-refractivity contribution in [2.45, 2.75) is 25.5 Å². The van der Waals surface area contributed by atoms with Crippen LogP contribution in [-0.2, 0) is 6.54 Å². The maximum absolute atomic E-state index is 10.4. The molecular weight excluding hydrogens is 312 g/mol. The van der Waals surface area contributed by atoms with Gasteiger partial charge in [-0.3, -0.25) is 4.40 Å². The van der Waals surface area contributed by atoms with Crippen molar-refractivity contribution in [3.05, 3.63) is 30.2 Å². The number of hydrogen-bond donors (Lipinski definition) is 3. The maximum Gasteiger partial charge on any atom is 0.191 e. The molecule has 0 saturated carbocycles. The molecule has 8 heteroatoms. The summed E-state index contributed by atoms with van der Waals surface area (Å²) in [4.78, 5) is 4.55. The van der Waals surface area contributed by atoms with E-state index in [4.69, 9.17) is 0 Å². The quantitative estimate of drug-likeness (QED) is 0.550. The number of hydrogen-bond acceptors (Lipinski definition) is 5. The topological polar surface area (TPSA) is 86.8 Å². The first-order valence-electron chi connectivity index (χ1n) is 7.81. The fourth-order valence-electron chi connectivity index (χ4n) is 2.47. The van der Waals surface area contributed by atoms with Crippen LogP contribution in [0.4, 0.5) is 0 Å². The Morgan fingerprint density at radius 3 is 3.13 bits per heavy atom. The minimum Gasteiger partial charge on any atom is -0.387 e. The number of aromatic nitrogens is 3. The Labute approximate surface area is 139 Å². The lowest BCUT2D eigenvalue weighted by molar-refractivity contribution is 0.0724. The summed E-state index contributed by atoms with van der Waals surface area (Å²) in [6.45, 7) is 3.71. The molecule has 2 aromatic rings. The molecule has 0 spiro atoms. The van der Waals surface area contributed by atoms with Gasteiger partial charge in [-0.05, 0) is 31.2 Å². The smallest absolute Gasteiger partial charge is 0.191 e. The van der Waals surface area contributed by atoms with Gasteiger partial charge in [0, 0.05) is 25.0 Å². The van der Waals surface area contributed by atoms with Gasteiger partial charge in [-0.15, -0.1) is 10.2 Å². The first-order valence-corrected chi connectivity index (χ1v) is 8.97. The largest absolute Gasteiger partial charge is 0.387 e. The van der Waals surface area contributed by atoms with Gasteiger partial charge in [-0.2, -0.15) is 11.8 Å². The molecule has 1 aliphatic heterocycles. The van der Waals surface area contributed by atoms with Crippen LogP contribution in [0.5, 0.6) is 0 Å². The Hall–Kier alpha value is -1.80. The molecule has 0 bridgehead atoms. The van der Waals surface area contributed by atoms with E-state index in [0.717, 1.165) is 35.9 Å². The van der Waals surface area contributed by atoms with Gasteiger partial charge in [0.25, 0.3) is 0 Å². The standard InChI is InChI=1S/C15H22N6OS/c1-2-16-14(18-10-15(22)6-8-23-11-15)17-9-13-20-19-12-5-3-4-7-21(12)13/h3-5,7,22H,2,6,8-11H2,1H3,(H2,16,17,18). The summed E-state index contributed by atoms with van der Waals surface area (Å²) in [7, 11) is 0. The lowest BCUT2D eigenvalue weighted by Crippen LogP contribution is -2.47. The van der Waals surface area contributed by atoms with Crippen molar-refractivity contribution in [3.8, 4) is 0 Å². The van der Waals surface area contributed by atoms with E-state index < -0.39 is 5.60 Å².